The lowest BCUT2D eigenvalue weighted by Gasteiger charge is -2.42. The summed E-state index contributed by atoms with van der Waals surface area (Å²) in [5.74, 6) is 5.27. The van der Waals surface area contributed by atoms with Crippen LogP contribution < -0.4 is 4.90 Å². The topological polar surface area (TPSA) is 54.0 Å². The molecule has 2 fully saturated rings. The fraction of sp³-hybridized carbons (Fsp3) is 0.647. The van der Waals surface area contributed by atoms with Gasteiger partial charge in [0.15, 0.2) is 0 Å². The van der Waals surface area contributed by atoms with Crippen LogP contribution in [0, 0.1) is 11.8 Å². The normalized spacial score (nSPS) is 27.3. The van der Waals surface area contributed by atoms with Gasteiger partial charge in [-0.1, -0.05) is 0 Å². The molecule has 1 saturated heterocycles. The summed E-state index contributed by atoms with van der Waals surface area (Å²) in [4.78, 5) is 14.3. The molecule has 0 amide bonds. The molecule has 6 heteroatoms. The van der Waals surface area contributed by atoms with Gasteiger partial charge in [0.1, 0.15) is 17.8 Å². The highest BCUT2D eigenvalue weighted by atomic mass is 32.2. The van der Waals surface area contributed by atoms with Gasteiger partial charge in [0.2, 0.25) is 0 Å². The lowest BCUT2D eigenvalue weighted by Crippen LogP contribution is -2.44. The van der Waals surface area contributed by atoms with Crippen LogP contribution in [0.5, 0.6) is 0 Å². The number of anilines is 1. The Morgan fingerprint density at radius 1 is 1.30 bits per heavy atom. The second-order valence-corrected chi connectivity index (χ2v) is 7.88. The highest BCUT2D eigenvalue weighted by Gasteiger charge is 2.33. The average molecular weight is 332 g/mol. The molecule has 0 aromatic carbocycles. The van der Waals surface area contributed by atoms with Crippen LogP contribution in [0.4, 0.5) is 5.82 Å². The zero-order valence-electron chi connectivity index (χ0n) is 13.6. The maximum absolute atomic E-state index is 5.45. The lowest BCUT2D eigenvalue weighted by molar-refractivity contribution is 0.189. The van der Waals surface area contributed by atoms with Crippen molar-refractivity contribution < 1.29 is 4.74 Å². The Kier molecular flexibility index (Phi) is 4.44. The second-order valence-electron chi connectivity index (χ2n) is 6.81. The third-order valence-electron chi connectivity index (χ3n) is 5.16. The molecule has 0 bridgehead atoms. The quantitative estimate of drug-likeness (QED) is 0.881. The van der Waals surface area contributed by atoms with Crippen LogP contribution in [0.1, 0.15) is 19.3 Å². The Balaban J connectivity index is 1.27. The van der Waals surface area contributed by atoms with Gasteiger partial charge in [-0.15, -0.1) is 0 Å². The molecule has 0 radical (unpaired) electrons. The zero-order valence-corrected chi connectivity index (χ0v) is 14.4. The molecule has 0 spiro atoms. The molecule has 2 aromatic rings. The van der Waals surface area contributed by atoms with Gasteiger partial charge >= 0.3 is 0 Å². The molecule has 4 rings (SSSR count). The van der Waals surface area contributed by atoms with E-state index in [2.05, 4.69) is 44.7 Å². The first-order valence-corrected chi connectivity index (χ1v) is 9.63. The average Bonchev–Trinajstić information content (AvgIpc) is 3.19. The van der Waals surface area contributed by atoms with Crippen molar-refractivity contribution >= 4 is 28.6 Å². The Morgan fingerprint density at radius 2 is 2.17 bits per heavy atom. The third kappa shape index (κ3) is 3.19. The van der Waals surface area contributed by atoms with Crippen molar-refractivity contribution in [3.05, 3.63) is 18.6 Å². The highest BCUT2D eigenvalue weighted by Crippen LogP contribution is 2.37. The largest absolute Gasteiger partial charge is 0.381 e. The zero-order chi connectivity index (χ0) is 15.6. The number of hydrogen-bond acceptors (Lipinski definition) is 5. The van der Waals surface area contributed by atoms with Crippen LogP contribution in [-0.4, -0.2) is 52.8 Å². The summed E-state index contributed by atoms with van der Waals surface area (Å²) in [7, 11) is 2.17. The molecule has 2 aliphatic rings. The number of rotatable bonds is 6. The van der Waals surface area contributed by atoms with Gasteiger partial charge in [-0.05, 0) is 48.7 Å². The van der Waals surface area contributed by atoms with Gasteiger partial charge in [0.25, 0.3) is 0 Å². The van der Waals surface area contributed by atoms with Crippen LogP contribution in [0.25, 0.3) is 11.0 Å². The van der Waals surface area contributed by atoms with Gasteiger partial charge in [0.05, 0.1) is 12.0 Å². The van der Waals surface area contributed by atoms with E-state index in [9.17, 15) is 0 Å². The van der Waals surface area contributed by atoms with Crippen LogP contribution in [0.3, 0.4) is 0 Å². The maximum Gasteiger partial charge on any atom is 0.142 e. The summed E-state index contributed by atoms with van der Waals surface area (Å²) in [6.07, 6.45) is 7.40. The number of aromatic amines is 1. The van der Waals surface area contributed by atoms with E-state index in [1.165, 1.54) is 30.8 Å². The Hall–Kier alpha value is -1.27. The molecule has 2 aromatic heterocycles. The minimum atomic E-state index is 0.614. The Labute approximate surface area is 141 Å². The molecule has 1 N–H and O–H groups in total. The summed E-state index contributed by atoms with van der Waals surface area (Å²) in [5.41, 5.74) is 0.923. The molecular weight excluding hydrogens is 308 g/mol. The molecular formula is C17H24N4OS. The molecule has 1 aliphatic heterocycles. The summed E-state index contributed by atoms with van der Waals surface area (Å²) in [5, 5.41) is 1.12. The van der Waals surface area contributed by atoms with Gasteiger partial charge < -0.3 is 14.6 Å². The van der Waals surface area contributed by atoms with Crippen molar-refractivity contribution in [3.8, 4) is 0 Å². The van der Waals surface area contributed by atoms with Crippen molar-refractivity contribution in [1.29, 1.82) is 0 Å². The van der Waals surface area contributed by atoms with E-state index in [0.29, 0.717) is 6.04 Å². The predicted octanol–water partition coefficient (Wildman–Crippen LogP) is 2.94. The van der Waals surface area contributed by atoms with Crippen LogP contribution in [-0.2, 0) is 4.74 Å². The summed E-state index contributed by atoms with van der Waals surface area (Å²) < 4.78 is 5.45. The van der Waals surface area contributed by atoms with E-state index in [-0.39, 0.29) is 0 Å². The summed E-state index contributed by atoms with van der Waals surface area (Å²) in [6, 6.07) is 2.68. The molecule has 1 aliphatic carbocycles. The first kappa shape index (κ1) is 15.3. The first-order chi connectivity index (χ1) is 11.3. The van der Waals surface area contributed by atoms with Gasteiger partial charge in [0, 0.05) is 25.9 Å². The van der Waals surface area contributed by atoms with Crippen LogP contribution in [0.15, 0.2) is 18.6 Å². The monoisotopic (exact) mass is 332 g/mol. The number of aromatic nitrogens is 3. The van der Waals surface area contributed by atoms with Crippen molar-refractivity contribution in [2.45, 2.75) is 25.3 Å². The molecule has 5 nitrogen and oxygen atoms in total. The number of nitrogens with zero attached hydrogens (tertiary/aromatic N) is 3. The molecule has 1 unspecified atom stereocenters. The van der Waals surface area contributed by atoms with E-state index in [0.717, 1.165) is 41.9 Å². The number of fused-ring (bicyclic) bond motifs is 1. The van der Waals surface area contributed by atoms with E-state index in [4.69, 9.17) is 4.74 Å². The fourth-order valence-electron chi connectivity index (χ4n) is 3.58. The van der Waals surface area contributed by atoms with E-state index < -0.39 is 0 Å². The van der Waals surface area contributed by atoms with Gasteiger partial charge in [-0.2, -0.15) is 11.8 Å². The van der Waals surface area contributed by atoms with Gasteiger partial charge in [-0.25, -0.2) is 9.97 Å². The molecule has 1 atom stereocenters. The predicted molar refractivity (Wildman–Crippen MR) is 95.1 cm³/mol. The highest BCUT2D eigenvalue weighted by molar-refractivity contribution is 7.99. The van der Waals surface area contributed by atoms with Crippen LogP contribution >= 0.6 is 11.8 Å². The number of H-pyrrole nitrogens is 1. The molecule has 23 heavy (non-hydrogen) atoms. The summed E-state index contributed by atoms with van der Waals surface area (Å²) >= 11 is 2.12. The molecule has 3 heterocycles. The van der Waals surface area contributed by atoms with E-state index in [1.54, 1.807) is 6.33 Å². The minimum absolute atomic E-state index is 0.614. The maximum atomic E-state index is 5.45. The fourth-order valence-corrected chi connectivity index (χ4v) is 4.92. The molecule has 1 saturated carbocycles. The van der Waals surface area contributed by atoms with Crippen molar-refractivity contribution in [3.63, 3.8) is 0 Å². The smallest absolute Gasteiger partial charge is 0.142 e. The number of nitrogens with one attached hydrogen (secondary N) is 1. The second kappa shape index (κ2) is 6.69. The first-order valence-electron chi connectivity index (χ1n) is 8.47. The van der Waals surface area contributed by atoms with Crippen LogP contribution in [0.2, 0.25) is 0 Å². The number of hydrogen-bond donors (Lipinski definition) is 1. The van der Waals surface area contributed by atoms with E-state index >= 15 is 0 Å². The van der Waals surface area contributed by atoms with E-state index in [1.807, 2.05) is 6.20 Å². The molecule has 124 valence electrons. The Bertz CT molecular complexity index is 649. The lowest BCUT2D eigenvalue weighted by atomic mass is 9.81. The number of thioether (sulfide) groups is 1. The third-order valence-corrected chi connectivity index (χ3v) is 6.57. The minimum Gasteiger partial charge on any atom is -0.381 e. The summed E-state index contributed by atoms with van der Waals surface area (Å²) in [6.45, 7) is 1.94. The standard InChI is InChI=1S/C17H24N4OS/c1-21(17-15-2-4-18-16(15)19-11-20-17)14-6-13(7-14)10-23-9-12-3-5-22-8-12/h2,4,11-14H,3,5-10H2,1H3,(H,18,19,20). The van der Waals surface area contributed by atoms with Gasteiger partial charge in [-0.3, -0.25) is 0 Å². The van der Waals surface area contributed by atoms with Crippen molar-refractivity contribution in [2.75, 3.05) is 36.7 Å². The van der Waals surface area contributed by atoms with Crippen molar-refractivity contribution in [1.82, 2.24) is 15.0 Å². The number of ether oxygens (including phenoxy) is 1. The SMILES string of the molecule is CN(c1ncnc2[nH]ccc12)C1CC(CSCC2CCOC2)C1. The van der Waals surface area contributed by atoms with Crippen molar-refractivity contribution in [2.24, 2.45) is 11.8 Å². The Morgan fingerprint density at radius 3 is 3.00 bits per heavy atom.